The molecular formula is C59H90N14O23. The van der Waals surface area contributed by atoms with Crippen LogP contribution in [0.3, 0.4) is 0 Å². The van der Waals surface area contributed by atoms with E-state index in [0.717, 1.165) is 0 Å². The molecule has 4 rings (SSSR count). The third kappa shape index (κ3) is 29.8. The molecule has 0 aliphatic carbocycles. The molecule has 2 fully saturated rings. The van der Waals surface area contributed by atoms with Crippen molar-refractivity contribution in [1.29, 1.82) is 0 Å². The number of aliphatic carboxylic acids is 9. The summed E-state index contributed by atoms with van der Waals surface area (Å²) in [5.41, 5.74) is 1.13. The summed E-state index contributed by atoms with van der Waals surface area (Å²) in [6.07, 6.45) is -1.95. The monoisotopic (exact) mass is 1360 g/mol. The minimum Gasteiger partial charge on any atom is -0.481 e. The number of carbonyl (C=O) groups excluding carboxylic acids is 5. The number of nitrogens with zero attached hydrogens (tertiary/aromatic N) is 8. The van der Waals surface area contributed by atoms with Gasteiger partial charge in [-0.3, -0.25) is 106 Å². The fourth-order valence-electron chi connectivity index (χ4n) is 11.2. The van der Waals surface area contributed by atoms with Gasteiger partial charge in [0.1, 0.15) is 30.2 Å². The van der Waals surface area contributed by atoms with Gasteiger partial charge < -0.3 is 77.5 Å². The number of aromatic nitrogens is 1. The van der Waals surface area contributed by atoms with Gasteiger partial charge in [0.05, 0.1) is 39.3 Å². The Bertz CT molecular complexity index is 2940. The number of hydrogen-bond acceptors (Lipinski definition) is 22. The second-order valence-electron chi connectivity index (χ2n) is 23.4. The van der Waals surface area contributed by atoms with Gasteiger partial charge >= 0.3 is 53.7 Å². The van der Waals surface area contributed by atoms with Crippen molar-refractivity contribution >= 4 is 94.2 Å². The van der Waals surface area contributed by atoms with E-state index >= 15 is 0 Å². The van der Waals surface area contributed by atoms with Crippen LogP contribution in [0.15, 0.2) is 30.5 Å². The zero-order valence-corrected chi connectivity index (χ0v) is 53.5. The molecule has 5 amide bonds. The van der Waals surface area contributed by atoms with Gasteiger partial charge in [0.15, 0.2) is 0 Å². The van der Waals surface area contributed by atoms with Crippen molar-refractivity contribution in [2.24, 2.45) is 0 Å². The lowest BCUT2D eigenvalue weighted by Crippen LogP contribution is -2.57. The second-order valence-corrected chi connectivity index (χ2v) is 23.4. The van der Waals surface area contributed by atoms with Crippen molar-refractivity contribution < 1.29 is 113 Å². The van der Waals surface area contributed by atoms with Crippen LogP contribution in [0.2, 0.25) is 0 Å². The Balaban J connectivity index is 1.65. The molecule has 37 heteroatoms. The molecule has 2 aliphatic rings. The molecule has 96 heavy (non-hydrogen) atoms. The summed E-state index contributed by atoms with van der Waals surface area (Å²) in [5.74, 6) is -15.8. The zero-order chi connectivity index (χ0) is 71.0. The zero-order valence-electron chi connectivity index (χ0n) is 53.5. The summed E-state index contributed by atoms with van der Waals surface area (Å²) in [6.45, 7) is -3.50. The normalized spacial score (nSPS) is 17.8. The number of rotatable bonds is 36. The summed E-state index contributed by atoms with van der Waals surface area (Å²) in [7, 11) is 1.26. The molecule has 37 nitrogen and oxygen atoms in total. The van der Waals surface area contributed by atoms with E-state index in [1.165, 1.54) is 46.2 Å². The van der Waals surface area contributed by atoms with Crippen molar-refractivity contribution in [2.75, 3.05) is 158 Å². The van der Waals surface area contributed by atoms with Crippen molar-refractivity contribution in [1.82, 2.24) is 70.8 Å². The first-order valence-electron chi connectivity index (χ1n) is 31.2. The number of hydrogen-bond donors (Lipinski definition) is 15. The number of carbonyl (C=O) groups is 14. The molecule has 1 aromatic carbocycles. The number of carboxylic acids is 9. The number of H-pyrrole nitrogens is 1. The molecule has 0 saturated carbocycles. The van der Waals surface area contributed by atoms with Crippen LogP contribution in [0.5, 0.6) is 0 Å². The number of likely N-dealkylation sites (N-methyl/N-ethyl adjacent to an activating group) is 1. The van der Waals surface area contributed by atoms with E-state index in [1.807, 2.05) is 0 Å². The summed E-state index contributed by atoms with van der Waals surface area (Å²) < 4.78 is 0. The highest BCUT2D eigenvalue weighted by Gasteiger charge is 2.34. The number of nitrogens with one attached hydrogen (secondary N) is 6. The van der Waals surface area contributed by atoms with Crippen LogP contribution in [0.25, 0.3) is 10.9 Å². The van der Waals surface area contributed by atoms with Gasteiger partial charge in [-0.1, -0.05) is 18.2 Å². The van der Waals surface area contributed by atoms with Gasteiger partial charge in [0.25, 0.3) is 0 Å². The van der Waals surface area contributed by atoms with Crippen LogP contribution in [-0.4, -0.2) is 361 Å². The number of amides is 5. The number of benzene rings is 1. The Morgan fingerprint density at radius 1 is 0.406 bits per heavy atom. The highest BCUT2D eigenvalue weighted by atomic mass is 16.4. The summed E-state index contributed by atoms with van der Waals surface area (Å²) in [6, 6.07) is -0.613. The molecule has 534 valence electrons. The molecule has 2 unspecified atom stereocenters. The molecule has 2 aromatic rings. The van der Waals surface area contributed by atoms with E-state index in [9.17, 15) is 113 Å². The highest BCUT2D eigenvalue weighted by molar-refractivity contribution is 5.95. The van der Waals surface area contributed by atoms with E-state index in [0.29, 0.717) is 16.5 Å². The maximum absolute atomic E-state index is 14.8. The van der Waals surface area contributed by atoms with Gasteiger partial charge in [-0.25, -0.2) is 0 Å². The minimum atomic E-state index is -1.66. The van der Waals surface area contributed by atoms with Gasteiger partial charge in [-0.2, -0.15) is 0 Å². The third-order valence-electron chi connectivity index (χ3n) is 16.3. The lowest BCUT2D eigenvalue weighted by molar-refractivity contribution is -0.145. The van der Waals surface area contributed by atoms with Gasteiger partial charge in [-0.05, 0) is 37.3 Å². The molecule has 2 aliphatic heterocycles. The van der Waals surface area contributed by atoms with Crippen molar-refractivity contribution in [3.63, 3.8) is 0 Å². The maximum atomic E-state index is 14.8. The first-order chi connectivity index (χ1) is 45.5. The molecule has 2 saturated heterocycles. The van der Waals surface area contributed by atoms with E-state index in [4.69, 9.17) is 0 Å². The van der Waals surface area contributed by atoms with Gasteiger partial charge in [0, 0.05) is 161 Å². The average molecular weight is 1360 g/mol. The molecule has 0 spiro atoms. The van der Waals surface area contributed by atoms with Crippen molar-refractivity contribution in [3.8, 4) is 0 Å². The topological polar surface area (TPSA) is 523 Å². The fraction of sp³-hybridized carbons (Fsp3) is 0.627. The Labute approximate surface area is 551 Å². The van der Waals surface area contributed by atoms with Crippen LogP contribution in [0, 0.1) is 0 Å². The predicted molar refractivity (Wildman–Crippen MR) is 335 cm³/mol. The molecule has 5 atom stereocenters. The standard InChI is InChI=1S/C59H90N14O23/c1-60-55(90)41(6-11-48(76)77)64-57(92)43(30-38-31-62-40-5-3-2-4-39(38)40)65-56(91)42(63-47(75)10-8-45(59(95)96)73-28-24-70(36-53(86)87)20-16-67(33-50(80)81)17-21-71(25-29-73)37-54(88)89)12-13-61-46(74)9-7-44(58(93)94)72-26-22-68(34-51(82)83)18-14-66(32-49(78)79)15-19-69(23-27-72)35-52(84)85/h2-5,31,41-45,62H,6-30,32-37H2,1H3,(H,60,90)(H,61,74)(H,63,75)(H,64,92)(H,65,91)(H,76,77)(H,78,79)(H,80,81)(H,82,83)(H,84,85)(H,86,87)(H,88,89)(H,93,94)(H,95,96)/t41-,42-,43-,44?,45?/m0/s1. The third-order valence-corrected chi connectivity index (χ3v) is 16.3. The number of aromatic amines is 1. The lowest BCUT2D eigenvalue weighted by Gasteiger charge is -2.35. The summed E-state index contributed by atoms with van der Waals surface area (Å²) in [5, 5.41) is 102. The largest absolute Gasteiger partial charge is 0.481 e. The quantitative estimate of drug-likeness (QED) is 0.0303. The number of para-hydroxylation sites is 1. The minimum absolute atomic E-state index is 0.0225. The van der Waals surface area contributed by atoms with E-state index in [-0.39, 0.29) is 124 Å². The Kier molecular flexibility index (Phi) is 34.0. The predicted octanol–water partition coefficient (Wildman–Crippen LogP) is -5.30. The van der Waals surface area contributed by atoms with Gasteiger partial charge in [0.2, 0.25) is 29.5 Å². The van der Waals surface area contributed by atoms with E-state index < -0.39 is 191 Å². The van der Waals surface area contributed by atoms with Crippen LogP contribution >= 0.6 is 0 Å². The maximum Gasteiger partial charge on any atom is 0.320 e. The number of fused-ring (bicyclic) bond motifs is 1. The molecule has 1 aromatic heterocycles. The van der Waals surface area contributed by atoms with Crippen LogP contribution in [-0.2, 0) is 73.5 Å². The summed E-state index contributed by atoms with van der Waals surface area (Å²) in [4.78, 5) is 194. The molecular weight excluding hydrogens is 1270 g/mol. The van der Waals surface area contributed by atoms with Crippen LogP contribution in [0.4, 0.5) is 0 Å². The molecule has 3 heterocycles. The average Bonchev–Trinajstić information content (AvgIpc) is 1.67. The molecule has 15 N–H and O–H groups in total. The van der Waals surface area contributed by atoms with E-state index in [2.05, 4.69) is 31.6 Å². The smallest absolute Gasteiger partial charge is 0.320 e. The fourth-order valence-corrected chi connectivity index (χ4v) is 11.2. The Morgan fingerprint density at radius 3 is 1.14 bits per heavy atom. The first kappa shape index (κ1) is 79.5. The highest BCUT2D eigenvalue weighted by Crippen LogP contribution is 2.20. The Morgan fingerprint density at radius 2 is 0.760 bits per heavy atom. The Hall–Kier alpha value is -8.98. The van der Waals surface area contributed by atoms with Crippen LogP contribution < -0.4 is 26.6 Å². The van der Waals surface area contributed by atoms with Crippen molar-refractivity contribution in [3.05, 3.63) is 36.0 Å². The first-order valence-corrected chi connectivity index (χ1v) is 31.2. The van der Waals surface area contributed by atoms with Gasteiger partial charge in [-0.15, -0.1) is 0 Å². The lowest BCUT2D eigenvalue weighted by atomic mass is 10.0. The molecule has 0 bridgehead atoms. The van der Waals surface area contributed by atoms with Crippen LogP contribution in [0.1, 0.15) is 50.5 Å². The molecule has 0 radical (unpaired) electrons. The SMILES string of the molecule is CNC(=O)[C@H](CCC(=O)O)NC(=O)[C@H](Cc1c[nH]c2ccccc12)NC(=O)[C@H](CCNC(=O)CCC(C(=O)O)N1CCN(CC(=O)O)CCN(CC(=O)O)CCN(CC(=O)O)CC1)NC(=O)CCC(C(=O)O)N1CCN(CC(=O)O)CCN(CC(=O)O)CCN(CC(=O)O)CC1. The number of carboxylic acid groups (broad SMARTS) is 9. The van der Waals surface area contributed by atoms with Crippen molar-refractivity contribution in [2.45, 2.75) is 81.6 Å². The summed E-state index contributed by atoms with van der Waals surface area (Å²) >= 11 is 0. The second kappa shape index (κ2) is 41.1. The van der Waals surface area contributed by atoms with E-state index in [1.54, 1.807) is 30.5 Å².